The zero-order valence-electron chi connectivity index (χ0n) is 24.1. The van der Waals surface area contributed by atoms with Gasteiger partial charge < -0.3 is 18.7 Å². The quantitative estimate of drug-likeness (QED) is 0.0799. The van der Waals surface area contributed by atoms with Gasteiger partial charge in [-0.15, -0.1) is 0 Å². The summed E-state index contributed by atoms with van der Waals surface area (Å²) < 4.78 is 35.4. The molecule has 0 amide bonds. The van der Waals surface area contributed by atoms with Gasteiger partial charge in [0.25, 0.3) is 0 Å². The summed E-state index contributed by atoms with van der Waals surface area (Å²) >= 11 is 0. The van der Waals surface area contributed by atoms with Crippen LogP contribution in [0, 0.1) is 0 Å². The van der Waals surface area contributed by atoms with E-state index in [2.05, 4.69) is 13.8 Å². The van der Waals surface area contributed by atoms with Gasteiger partial charge in [0.05, 0.1) is 11.7 Å². The molecule has 8 heteroatoms. The fourth-order valence-electron chi connectivity index (χ4n) is 3.98. The van der Waals surface area contributed by atoms with Gasteiger partial charge in [-0.3, -0.25) is 4.57 Å². The number of hydrogen-bond acceptors (Lipinski definition) is 7. The number of carbonyl (C=O) groups is 2. The molecule has 2 rings (SSSR count). The first kappa shape index (κ1) is 32.7. The third kappa shape index (κ3) is 12.1. The Morgan fingerprint density at radius 1 is 0.769 bits per heavy atom. The number of esters is 2. The topological polar surface area (TPSA) is 88.1 Å². The molecule has 2 aromatic carbocycles. The highest BCUT2D eigenvalue weighted by molar-refractivity contribution is 7.66. The average Bonchev–Trinajstić information content (AvgIpc) is 2.91. The van der Waals surface area contributed by atoms with Crippen molar-refractivity contribution in [2.24, 2.45) is 0 Å². The Morgan fingerprint density at radius 3 is 1.95 bits per heavy atom. The predicted octanol–water partition coefficient (Wildman–Crippen LogP) is 7.71. The molecule has 0 saturated heterocycles. The molecule has 2 aromatic rings. The molecule has 0 fully saturated rings. The molecule has 0 aliphatic carbocycles. The number of ether oxygens (including phenoxy) is 3. The maximum absolute atomic E-state index is 13.1. The highest BCUT2D eigenvalue weighted by Crippen LogP contribution is 2.43. The second kappa shape index (κ2) is 17.3. The zero-order chi connectivity index (χ0) is 28.7. The highest BCUT2D eigenvalue weighted by atomic mass is 31.2. The minimum Gasteiger partial charge on any atom is -0.425 e. The molecule has 7 nitrogen and oxygen atoms in total. The van der Waals surface area contributed by atoms with Gasteiger partial charge in [-0.2, -0.15) is 0 Å². The van der Waals surface area contributed by atoms with Crippen molar-refractivity contribution in [2.45, 2.75) is 97.7 Å². The monoisotopic (exact) mass is 560 g/mol. The van der Waals surface area contributed by atoms with Crippen molar-refractivity contribution >= 4 is 24.6 Å². The number of benzene rings is 2. The van der Waals surface area contributed by atoms with Gasteiger partial charge >= 0.3 is 11.9 Å². The van der Waals surface area contributed by atoms with Crippen LogP contribution in [0.3, 0.4) is 0 Å². The maximum atomic E-state index is 13.1. The molecule has 0 heterocycles. The molecule has 0 spiro atoms. The van der Waals surface area contributed by atoms with E-state index in [9.17, 15) is 14.2 Å². The van der Waals surface area contributed by atoms with Crippen LogP contribution < -0.4 is 14.8 Å². The van der Waals surface area contributed by atoms with Crippen LogP contribution in [0.25, 0.3) is 0 Å². The summed E-state index contributed by atoms with van der Waals surface area (Å²) in [6, 6.07) is 12.7. The first-order valence-corrected chi connectivity index (χ1v) is 16.3. The molecule has 0 unspecified atom stereocenters. The SMILES string of the molecule is CCCCCCO[C@@H](C)C(=O)Oc1ccc(C(=O)Oc2ccc([P@@](C)(=O)O[C@H](C)CCCCCC)cc2)cc1. The van der Waals surface area contributed by atoms with Gasteiger partial charge in [0, 0.05) is 18.6 Å². The van der Waals surface area contributed by atoms with E-state index in [0.29, 0.717) is 29.0 Å². The zero-order valence-corrected chi connectivity index (χ0v) is 25.0. The second-order valence-electron chi connectivity index (χ2n) is 10.0. The Balaban J connectivity index is 1.84. The minimum atomic E-state index is -3.00. The lowest BCUT2D eigenvalue weighted by atomic mass is 10.1. The van der Waals surface area contributed by atoms with Crippen molar-refractivity contribution in [3.63, 3.8) is 0 Å². The third-order valence-corrected chi connectivity index (χ3v) is 8.37. The van der Waals surface area contributed by atoms with Crippen LogP contribution >= 0.6 is 7.37 Å². The number of carbonyl (C=O) groups excluding carboxylic acids is 2. The van der Waals surface area contributed by atoms with Crippen LogP contribution in [0.2, 0.25) is 0 Å². The summed E-state index contributed by atoms with van der Waals surface area (Å²) in [6.07, 6.45) is 8.97. The summed E-state index contributed by atoms with van der Waals surface area (Å²) in [6.45, 7) is 10.1. The van der Waals surface area contributed by atoms with E-state index in [0.717, 1.165) is 44.9 Å². The van der Waals surface area contributed by atoms with Crippen LogP contribution in [-0.2, 0) is 18.6 Å². The van der Waals surface area contributed by atoms with Gasteiger partial charge in [0.15, 0.2) is 6.10 Å². The maximum Gasteiger partial charge on any atom is 0.343 e. The van der Waals surface area contributed by atoms with Crippen molar-refractivity contribution in [3.05, 3.63) is 54.1 Å². The van der Waals surface area contributed by atoms with E-state index in [1.807, 2.05) is 6.92 Å². The number of unbranched alkanes of at least 4 members (excludes halogenated alkanes) is 6. The van der Waals surface area contributed by atoms with Crippen molar-refractivity contribution in [1.82, 2.24) is 0 Å². The van der Waals surface area contributed by atoms with E-state index in [-0.39, 0.29) is 6.10 Å². The number of rotatable bonds is 18. The predicted molar refractivity (Wildman–Crippen MR) is 156 cm³/mol. The molecule has 0 saturated carbocycles. The van der Waals surface area contributed by atoms with Gasteiger partial charge in [-0.05, 0) is 75.2 Å². The summed E-state index contributed by atoms with van der Waals surface area (Å²) in [4.78, 5) is 24.8. The Morgan fingerprint density at radius 2 is 1.33 bits per heavy atom. The largest absolute Gasteiger partial charge is 0.425 e. The van der Waals surface area contributed by atoms with E-state index >= 15 is 0 Å². The van der Waals surface area contributed by atoms with Gasteiger partial charge in [0.2, 0.25) is 7.37 Å². The lowest BCUT2D eigenvalue weighted by molar-refractivity contribution is -0.146. The molecule has 0 bridgehead atoms. The molecule has 0 radical (unpaired) electrons. The lowest BCUT2D eigenvalue weighted by Gasteiger charge is -2.20. The Labute approximate surface area is 234 Å². The Bertz CT molecular complexity index is 1050. The van der Waals surface area contributed by atoms with Crippen LogP contribution in [0.5, 0.6) is 11.5 Å². The third-order valence-electron chi connectivity index (χ3n) is 6.37. The fourth-order valence-corrected chi connectivity index (χ4v) is 5.59. The molecule has 39 heavy (non-hydrogen) atoms. The van der Waals surface area contributed by atoms with Crippen molar-refractivity contribution < 1.29 is 32.9 Å². The Kier molecular flexibility index (Phi) is 14.5. The molecular weight excluding hydrogens is 515 g/mol. The van der Waals surface area contributed by atoms with E-state index in [4.69, 9.17) is 18.7 Å². The summed E-state index contributed by atoms with van der Waals surface area (Å²) in [5.74, 6) is -0.387. The van der Waals surface area contributed by atoms with Crippen LogP contribution in [0.15, 0.2) is 48.5 Å². The molecule has 0 aliphatic heterocycles. The molecule has 0 aliphatic rings. The van der Waals surface area contributed by atoms with Crippen molar-refractivity contribution in [3.8, 4) is 11.5 Å². The van der Waals surface area contributed by atoms with E-state index in [1.54, 1.807) is 50.0 Å². The molecule has 3 atom stereocenters. The second-order valence-corrected chi connectivity index (χ2v) is 12.4. The standard InChI is InChI=1S/C31H45O7P/c1-6-8-10-12-14-24(3)38-39(5,34)29-21-19-28(20-22-29)37-31(33)26-15-17-27(18-16-26)36-30(32)25(4)35-23-13-11-9-7-2/h15-22,24-25H,6-14,23H2,1-5H3/t24-,25+,39+/m1/s1. The van der Waals surface area contributed by atoms with Crippen molar-refractivity contribution in [2.75, 3.05) is 13.3 Å². The van der Waals surface area contributed by atoms with Crippen LogP contribution in [0.4, 0.5) is 0 Å². The number of hydrogen-bond donors (Lipinski definition) is 0. The molecule has 0 N–H and O–H groups in total. The fraction of sp³-hybridized carbons (Fsp3) is 0.548. The highest BCUT2D eigenvalue weighted by Gasteiger charge is 2.23. The van der Waals surface area contributed by atoms with Crippen LogP contribution in [-0.4, -0.2) is 37.4 Å². The summed E-state index contributed by atoms with van der Waals surface area (Å²) in [7, 11) is -3.00. The lowest BCUT2D eigenvalue weighted by Crippen LogP contribution is -2.26. The van der Waals surface area contributed by atoms with Crippen molar-refractivity contribution in [1.29, 1.82) is 0 Å². The molecular formula is C31H45O7P. The molecule has 0 aromatic heterocycles. The summed E-state index contributed by atoms with van der Waals surface area (Å²) in [5, 5.41) is 0.577. The molecule has 216 valence electrons. The van der Waals surface area contributed by atoms with Gasteiger partial charge in [-0.25, -0.2) is 9.59 Å². The normalized spacial score (nSPS) is 14.3. The van der Waals surface area contributed by atoms with E-state index in [1.165, 1.54) is 25.0 Å². The van der Waals surface area contributed by atoms with Crippen LogP contribution in [0.1, 0.15) is 95.8 Å². The average molecular weight is 561 g/mol. The smallest absolute Gasteiger partial charge is 0.343 e. The first-order valence-electron chi connectivity index (χ1n) is 14.2. The Hall–Kier alpha value is -2.47. The first-order chi connectivity index (χ1) is 18.7. The van der Waals surface area contributed by atoms with Gasteiger partial charge in [-0.1, -0.05) is 58.8 Å². The van der Waals surface area contributed by atoms with E-state index < -0.39 is 25.4 Å². The van der Waals surface area contributed by atoms with Gasteiger partial charge in [0.1, 0.15) is 11.5 Å². The minimum absolute atomic E-state index is 0.0938. The summed E-state index contributed by atoms with van der Waals surface area (Å²) in [5.41, 5.74) is 0.306.